The Kier molecular flexibility index (Phi) is 4.52. The maximum atomic E-state index is 12.9. The molecular formula is C22H15N3O8. The first-order valence-corrected chi connectivity index (χ1v) is 9.59. The number of pyridine rings is 1. The SMILES string of the molecule is COC(=O)c1ccc(Oc2ccc3c(c2)OCO3)c(-n2c(N)c3c(cc2=O)C(=O)NC3=O)c1. The zero-order valence-electron chi connectivity index (χ0n) is 17.0. The van der Waals surface area contributed by atoms with E-state index in [9.17, 15) is 19.2 Å². The van der Waals surface area contributed by atoms with Gasteiger partial charge in [0.15, 0.2) is 17.2 Å². The summed E-state index contributed by atoms with van der Waals surface area (Å²) in [6, 6.07) is 10.1. The van der Waals surface area contributed by atoms with Crippen molar-refractivity contribution in [3.05, 3.63) is 69.5 Å². The maximum absolute atomic E-state index is 12.9. The number of carbonyl (C=O) groups excluding carboxylic acids is 3. The number of carbonyl (C=O) groups is 3. The second-order valence-corrected chi connectivity index (χ2v) is 7.07. The number of fused-ring (bicyclic) bond motifs is 2. The van der Waals surface area contributed by atoms with E-state index in [1.54, 1.807) is 18.2 Å². The highest BCUT2D eigenvalue weighted by atomic mass is 16.7. The average molecular weight is 449 g/mol. The molecule has 1 aromatic heterocycles. The Morgan fingerprint density at radius 3 is 2.61 bits per heavy atom. The van der Waals surface area contributed by atoms with Crippen LogP contribution in [-0.4, -0.2) is 36.3 Å². The lowest BCUT2D eigenvalue weighted by molar-refractivity contribution is 0.0600. The number of nitrogens with two attached hydrogens (primary N) is 1. The molecule has 5 rings (SSSR count). The minimum Gasteiger partial charge on any atom is -0.465 e. The lowest BCUT2D eigenvalue weighted by Gasteiger charge is -2.17. The fourth-order valence-electron chi connectivity index (χ4n) is 3.62. The summed E-state index contributed by atoms with van der Waals surface area (Å²) in [6.45, 7) is 0.0830. The smallest absolute Gasteiger partial charge is 0.337 e. The van der Waals surface area contributed by atoms with Crippen molar-refractivity contribution in [2.75, 3.05) is 19.6 Å². The number of nitrogens with zero attached hydrogens (tertiary/aromatic N) is 1. The van der Waals surface area contributed by atoms with Crippen LogP contribution >= 0.6 is 0 Å². The molecule has 0 bridgehead atoms. The molecule has 0 unspecified atom stereocenters. The third-order valence-electron chi connectivity index (χ3n) is 5.15. The second kappa shape index (κ2) is 7.41. The number of hydrogen-bond acceptors (Lipinski definition) is 9. The monoisotopic (exact) mass is 449 g/mol. The Balaban J connectivity index is 1.69. The van der Waals surface area contributed by atoms with Crippen LogP contribution in [0.1, 0.15) is 31.1 Å². The molecule has 33 heavy (non-hydrogen) atoms. The highest BCUT2D eigenvalue weighted by molar-refractivity contribution is 6.23. The van der Waals surface area contributed by atoms with Gasteiger partial charge in [-0.05, 0) is 30.3 Å². The summed E-state index contributed by atoms with van der Waals surface area (Å²) in [5.41, 5.74) is 5.36. The van der Waals surface area contributed by atoms with Crippen molar-refractivity contribution in [2.24, 2.45) is 0 Å². The number of nitrogen functional groups attached to an aromatic ring is 1. The predicted octanol–water partition coefficient (Wildman–Crippen LogP) is 1.61. The molecule has 0 spiro atoms. The summed E-state index contributed by atoms with van der Waals surface area (Å²) >= 11 is 0. The highest BCUT2D eigenvalue weighted by Gasteiger charge is 2.32. The molecule has 0 atom stereocenters. The number of esters is 1. The van der Waals surface area contributed by atoms with Crippen molar-refractivity contribution < 1.29 is 33.3 Å². The van der Waals surface area contributed by atoms with E-state index in [0.717, 1.165) is 10.6 Å². The van der Waals surface area contributed by atoms with Crippen molar-refractivity contribution >= 4 is 23.6 Å². The lowest BCUT2D eigenvalue weighted by Crippen LogP contribution is -2.24. The molecule has 2 aliphatic heterocycles. The van der Waals surface area contributed by atoms with E-state index in [1.807, 2.05) is 0 Å². The van der Waals surface area contributed by atoms with Crippen molar-refractivity contribution in [3.63, 3.8) is 0 Å². The Morgan fingerprint density at radius 1 is 1.03 bits per heavy atom. The molecule has 3 aromatic rings. The van der Waals surface area contributed by atoms with Crippen LogP contribution in [0.3, 0.4) is 0 Å². The molecule has 166 valence electrons. The zero-order chi connectivity index (χ0) is 23.3. The van der Waals surface area contributed by atoms with E-state index in [4.69, 9.17) is 24.7 Å². The third-order valence-corrected chi connectivity index (χ3v) is 5.15. The minimum absolute atomic E-state index is 0.0630. The van der Waals surface area contributed by atoms with E-state index in [2.05, 4.69) is 5.32 Å². The summed E-state index contributed by atoms with van der Waals surface area (Å²) in [4.78, 5) is 49.3. The Bertz CT molecular complexity index is 1430. The highest BCUT2D eigenvalue weighted by Crippen LogP contribution is 2.38. The number of imide groups is 1. The first-order valence-electron chi connectivity index (χ1n) is 9.59. The standard InChI is InChI=1S/C22H15N3O8/c1-30-22(29)10-2-4-14(33-11-3-5-15-16(7-11)32-9-31-15)13(6-10)25-17(26)8-12-18(19(25)23)21(28)24-20(12)27/h2-8H,9,23H2,1H3,(H,24,27,28). The van der Waals surface area contributed by atoms with E-state index < -0.39 is 23.3 Å². The number of nitrogens with one attached hydrogen (secondary N) is 1. The molecule has 0 aliphatic carbocycles. The second-order valence-electron chi connectivity index (χ2n) is 7.07. The van der Waals surface area contributed by atoms with E-state index >= 15 is 0 Å². The van der Waals surface area contributed by atoms with Crippen LogP contribution in [0.4, 0.5) is 5.82 Å². The van der Waals surface area contributed by atoms with Gasteiger partial charge in [-0.25, -0.2) is 4.79 Å². The summed E-state index contributed by atoms with van der Waals surface area (Å²) in [7, 11) is 1.21. The van der Waals surface area contributed by atoms with Crippen molar-refractivity contribution in [2.45, 2.75) is 0 Å². The zero-order valence-corrected chi connectivity index (χ0v) is 17.0. The van der Waals surface area contributed by atoms with Gasteiger partial charge in [0.25, 0.3) is 17.4 Å². The molecule has 11 heteroatoms. The van der Waals surface area contributed by atoms with Gasteiger partial charge in [-0.3, -0.25) is 24.3 Å². The molecule has 0 radical (unpaired) electrons. The molecule has 2 amide bonds. The van der Waals surface area contributed by atoms with Gasteiger partial charge in [0.1, 0.15) is 11.6 Å². The van der Waals surface area contributed by atoms with Gasteiger partial charge in [0.2, 0.25) is 6.79 Å². The van der Waals surface area contributed by atoms with Gasteiger partial charge in [-0.15, -0.1) is 0 Å². The van der Waals surface area contributed by atoms with Gasteiger partial charge in [-0.2, -0.15) is 0 Å². The van der Waals surface area contributed by atoms with Crippen molar-refractivity contribution in [1.29, 1.82) is 0 Å². The summed E-state index contributed by atoms with van der Waals surface area (Å²) < 4.78 is 22.4. The number of methoxy groups -OCH3 is 1. The number of hydrogen-bond donors (Lipinski definition) is 2. The Hall–Kier alpha value is -4.80. The quantitative estimate of drug-likeness (QED) is 0.448. The molecule has 2 aromatic carbocycles. The topological polar surface area (TPSA) is 148 Å². The van der Waals surface area contributed by atoms with E-state index in [1.165, 1.54) is 25.3 Å². The molecule has 3 N–H and O–H groups in total. The molecule has 11 nitrogen and oxygen atoms in total. The molecule has 0 fully saturated rings. The number of aromatic nitrogens is 1. The van der Waals surface area contributed by atoms with Gasteiger partial charge in [0, 0.05) is 12.1 Å². The normalized spacial score (nSPS) is 13.5. The van der Waals surface area contributed by atoms with Crippen LogP contribution in [0, 0.1) is 0 Å². The van der Waals surface area contributed by atoms with Crippen LogP contribution in [0.15, 0.2) is 47.3 Å². The first kappa shape index (κ1) is 20.1. The van der Waals surface area contributed by atoms with Crippen molar-refractivity contribution in [3.8, 4) is 28.7 Å². The number of benzene rings is 2. The maximum Gasteiger partial charge on any atom is 0.337 e. The Labute approximate surface area is 185 Å². The van der Waals surface area contributed by atoms with Crippen LogP contribution in [0.25, 0.3) is 5.69 Å². The summed E-state index contributed by atoms with van der Waals surface area (Å²) in [6.07, 6.45) is 0. The third kappa shape index (κ3) is 3.22. The Morgan fingerprint density at radius 2 is 1.82 bits per heavy atom. The number of amides is 2. The largest absolute Gasteiger partial charge is 0.465 e. The first-order chi connectivity index (χ1) is 15.9. The van der Waals surface area contributed by atoms with Crippen LogP contribution in [0.2, 0.25) is 0 Å². The summed E-state index contributed by atoms with van der Waals surface area (Å²) in [5.74, 6) is -0.866. The van der Waals surface area contributed by atoms with E-state index in [0.29, 0.717) is 17.2 Å². The number of anilines is 1. The molecular weight excluding hydrogens is 434 g/mol. The van der Waals surface area contributed by atoms with Gasteiger partial charge in [0.05, 0.1) is 29.5 Å². The summed E-state index contributed by atoms with van der Waals surface area (Å²) in [5, 5.41) is 2.10. The molecule has 2 aliphatic rings. The average Bonchev–Trinajstić information content (AvgIpc) is 3.37. The van der Waals surface area contributed by atoms with Crippen LogP contribution in [-0.2, 0) is 4.74 Å². The predicted molar refractivity (Wildman–Crippen MR) is 112 cm³/mol. The van der Waals surface area contributed by atoms with Crippen LogP contribution in [0.5, 0.6) is 23.0 Å². The fourth-order valence-corrected chi connectivity index (χ4v) is 3.62. The van der Waals surface area contributed by atoms with Crippen LogP contribution < -0.4 is 30.8 Å². The van der Waals surface area contributed by atoms with Crippen molar-refractivity contribution in [1.82, 2.24) is 9.88 Å². The van der Waals surface area contributed by atoms with Gasteiger partial charge in [-0.1, -0.05) is 0 Å². The number of ether oxygens (including phenoxy) is 4. The molecule has 0 saturated carbocycles. The molecule has 3 heterocycles. The van der Waals surface area contributed by atoms with Gasteiger partial charge < -0.3 is 24.7 Å². The van der Waals surface area contributed by atoms with E-state index in [-0.39, 0.29) is 40.7 Å². The fraction of sp³-hybridized carbons (Fsp3) is 0.0909. The number of rotatable bonds is 4. The van der Waals surface area contributed by atoms with Gasteiger partial charge >= 0.3 is 5.97 Å². The lowest BCUT2D eigenvalue weighted by atomic mass is 10.1. The molecule has 0 saturated heterocycles. The minimum atomic E-state index is -0.733.